The lowest BCUT2D eigenvalue weighted by Gasteiger charge is -2.05. The second-order valence-electron chi connectivity index (χ2n) is 3.79. The molecule has 0 spiro atoms. The summed E-state index contributed by atoms with van der Waals surface area (Å²) < 4.78 is 0. The molecule has 2 aromatic rings. The predicted octanol–water partition coefficient (Wildman–Crippen LogP) is 1.41. The summed E-state index contributed by atoms with van der Waals surface area (Å²) in [6.07, 6.45) is 0. The zero-order valence-corrected chi connectivity index (χ0v) is 9.39. The van der Waals surface area contributed by atoms with Crippen molar-refractivity contribution in [2.24, 2.45) is 0 Å². The molecule has 0 atom stereocenters. The monoisotopic (exact) mass is 221 g/mol. The summed E-state index contributed by atoms with van der Waals surface area (Å²) in [5.74, 6) is -0.0672. The van der Waals surface area contributed by atoms with E-state index in [1.807, 2.05) is 42.5 Å². The molecule has 82 valence electrons. The lowest BCUT2D eigenvalue weighted by atomic mass is 9.95. The Kier molecular flexibility index (Phi) is 3.60. The van der Waals surface area contributed by atoms with Gasteiger partial charge in [0.2, 0.25) is 0 Å². The lowest BCUT2D eigenvalue weighted by molar-refractivity contribution is 0.0951. The normalized spacial score (nSPS) is 9.88. The second kappa shape index (κ2) is 5.35. The van der Waals surface area contributed by atoms with Gasteiger partial charge in [0.25, 0.3) is 5.91 Å². The van der Waals surface area contributed by atoms with Gasteiger partial charge in [0, 0.05) is 12.1 Å². The molecule has 0 aliphatic heterocycles. The molecule has 2 aromatic carbocycles. The van der Waals surface area contributed by atoms with Crippen LogP contribution in [-0.4, -0.2) is 13.8 Å². The molecule has 0 fully saturated rings. The highest BCUT2D eigenvalue weighted by atomic mass is 16.1. The molecule has 2 radical (unpaired) electrons. The van der Waals surface area contributed by atoms with E-state index in [-0.39, 0.29) is 5.91 Å². The summed E-state index contributed by atoms with van der Waals surface area (Å²) in [5.41, 5.74) is 2.43. The van der Waals surface area contributed by atoms with Crippen LogP contribution in [0.5, 0.6) is 0 Å². The van der Waals surface area contributed by atoms with Crippen LogP contribution in [0.3, 0.4) is 0 Å². The van der Waals surface area contributed by atoms with Crippen LogP contribution in [0, 0.1) is 0 Å². The first-order valence-corrected chi connectivity index (χ1v) is 5.43. The van der Waals surface area contributed by atoms with Gasteiger partial charge in [-0.1, -0.05) is 47.9 Å². The van der Waals surface area contributed by atoms with Gasteiger partial charge in [-0.25, -0.2) is 0 Å². The van der Waals surface area contributed by atoms with Crippen molar-refractivity contribution >= 4 is 19.2 Å². The molecule has 0 aromatic heterocycles. The molecule has 0 bridgehead atoms. The smallest absolute Gasteiger partial charge is 0.251 e. The molecular weight excluding hydrogens is 209 g/mol. The van der Waals surface area contributed by atoms with E-state index in [0.29, 0.717) is 12.1 Å². The van der Waals surface area contributed by atoms with Crippen molar-refractivity contribution in [1.29, 1.82) is 0 Å². The molecule has 0 heterocycles. The first-order chi connectivity index (χ1) is 8.25. The Labute approximate surface area is 102 Å². The van der Waals surface area contributed by atoms with E-state index in [4.69, 9.17) is 7.85 Å². The van der Waals surface area contributed by atoms with Crippen LogP contribution in [0.15, 0.2) is 54.6 Å². The van der Waals surface area contributed by atoms with Crippen molar-refractivity contribution in [1.82, 2.24) is 5.32 Å². The van der Waals surface area contributed by atoms with Crippen molar-refractivity contribution in [2.75, 3.05) is 0 Å². The molecular formula is C14H12BNO. The Morgan fingerprint density at radius 1 is 1.00 bits per heavy atom. The summed E-state index contributed by atoms with van der Waals surface area (Å²) in [6.45, 7) is 0.508. The van der Waals surface area contributed by atoms with Crippen LogP contribution in [0.1, 0.15) is 15.9 Å². The number of hydrogen-bond donors (Lipinski definition) is 1. The van der Waals surface area contributed by atoms with Crippen molar-refractivity contribution in [3.05, 3.63) is 65.7 Å². The van der Waals surface area contributed by atoms with E-state index in [1.165, 1.54) is 0 Å². The number of nitrogens with one attached hydrogen (secondary N) is 1. The number of benzene rings is 2. The highest BCUT2D eigenvalue weighted by molar-refractivity contribution is 6.32. The fourth-order valence-electron chi connectivity index (χ4n) is 1.51. The zero-order valence-electron chi connectivity index (χ0n) is 9.39. The van der Waals surface area contributed by atoms with Gasteiger partial charge in [0.15, 0.2) is 0 Å². The third-order valence-electron chi connectivity index (χ3n) is 2.47. The van der Waals surface area contributed by atoms with Crippen LogP contribution >= 0.6 is 0 Å². The average Bonchev–Trinajstić information content (AvgIpc) is 2.39. The van der Waals surface area contributed by atoms with E-state index in [1.54, 1.807) is 12.1 Å². The van der Waals surface area contributed by atoms with Gasteiger partial charge >= 0.3 is 0 Å². The van der Waals surface area contributed by atoms with E-state index in [9.17, 15) is 4.79 Å². The topological polar surface area (TPSA) is 29.1 Å². The Hall–Kier alpha value is -2.03. The van der Waals surface area contributed by atoms with Crippen LogP contribution in [0.25, 0.3) is 0 Å². The highest BCUT2D eigenvalue weighted by Crippen LogP contribution is 2.00. The molecule has 3 heteroatoms. The molecule has 1 N–H and O–H groups in total. The summed E-state index contributed by atoms with van der Waals surface area (Å²) in [6, 6.07) is 16.6. The van der Waals surface area contributed by atoms with Crippen molar-refractivity contribution in [2.45, 2.75) is 6.54 Å². The first kappa shape index (κ1) is 11.5. The molecule has 0 saturated heterocycles. The predicted molar refractivity (Wildman–Crippen MR) is 69.4 cm³/mol. The lowest BCUT2D eigenvalue weighted by Crippen LogP contribution is -2.22. The minimum Gasteiger partial charge on any atom is -0.348 e. The van der Waals surface area contributed by atoms with Gasteiger partial charge in [-0.3, -0.25) is 4.79 Å². The van der Waals surface area contributed by atoms with Gasteiger partial charge in [-0.15, -0.1) is 0 Å². The summed E-state index contributed by atoms with van der Waals surface area (Å²) in [5, 5.41) is 2.85. The molecule has 0 saturated carbocycles. The summed E-state index contributed by atoms with van der Waals surface area (Å²) in [7, 11) is 5.59. The average molecular weight is 221 g/mol. The van der Waals surface area contributed by atoms with Gasteiger partial charge in [0.05, 0.1) is 0 Å². The van der Waals surface area contributed by atoms with Crippen LogP contribution < -0.4 is 10.8 Å². The number of amides is 1. The van der Waals surface area contributed by atoms with E-state index in [0.717, 1.165) is 11.0 Å². The second-order valence-corrected chi connectivity index (χ2v) is 3.79. The summed E-state index contributed by atoms with van der Waals surface area (Å²) in [4.78, 5) is 11.7. The number of hydrogen-bond acceptors (Lipinski definition) is 1. The van der Waals surface area contributed by atoms with Gasteiger partial charge in [-0.05, 0) is 17.7 Å². The minimum absolute atomic E-state index is 0.0672. The van der Waals surface area contributed by atoms with Crippen molar-refractivity contribution < 1.29 is 4.79 Å². The third kappa shape index (κ3) is 3.21. The first-order valence-electron chi connectivity index (χ1n) is 5.43. The van der Waals surface area contributed by atoms with Gasteiger partial charge in [-0.2, -0.15) is 0 Å². The Morgan fingerprint density at radius 3 is 2.29 bits per heavy atom. The minimum atomic E-state index is -0.0672. The van der Waals surface area contributed by atoms with Crippen LogP contribution in [-0.2, 0) is 6.54 Å². The highest BCUT2D eigenvalue weighted by Gasteiger charge is 2.03. The number of carbonyl (C=O) groups excluding carboxylic acids is 1. The molecule has 0 aliphatic carbocycles. The van der Waals surface area contributed by atoms with Gasteiger partial charge in [0.1, 0.15) is 7.85 Å². The SMILES string of the molecule is [B]c1ccc(CNC(=O)c2ccccc2)cc1. The van der Waals surface area contributed by atoms with Crippen LogP contribution in [0.4, 0.5) is 0 Å². The molecule has 0 aliphatic rings. The number of carbonyl (C=O) groups is 1. The molecule has 2 nitrogen and oxygen atoms in total. The Balaban J connectivity index is 1.95. The Bertz CT molecular complexity index is 493. The molecule has 17 heavy (non-hydrogen) atoms. The van der Waals surface area contributed by atoms with Crippen LogP contribution in [0.2, 0.25) is 0 Å². The maximum atomic E-state index is 11.7. The fourth-order valence-corrected chi connectivity index (χ4v) is 1.51. The molecule has 1 amide bonds. The largest absolute Gasteiger partial charge is 0.348 e. The standard InChI is InChI=1S/C14H12BNO/c15-13-8-6-11(7-9-13)10-16-14(17)12-4-2-1-3-5-12/h1-9H,10H2,(H,16,17). The maximum absolute atomic E-state index is 11.7. The van der Waals surface area contributed by atoms with Crippen molar-refractivity contribution in [3.63, 3.8) is 0 Å². The fraction of sp³-hybridized carbons (Fsp3) is 0.0714. The maximum Gasteiger partial charge on any atom is 0.251 e. The Morgan fingerprint density at radius 2 is 1.65 bits per heavy atom. The van der Waals surface area contributed by atoms with Crippen molar-refractivity contribution in [3.8, 4) is 0 Å². The molecule has 2 rings (SSSR count). The van der Waals surface area contributed by atoms with E-state index >= 15 is 0 Å². The quantitative estimate of drug-likeness (QED) is 0.780. The summed E-state index contributed by atoms with van der Waals surface area (Å²) >= 11 is 0. The number of rotatable bonds is 3. The van der Waals surface area contributed by atoms with Gasteiger partial charge < -0.3 is 5.32 Å². The van der Waals surface area contributed by atoms with E-state index < -0.39 is 0 Å². The third-order valence-corrected chi connectivity index (χ3v) is 2.47. The zero-order chi connectivity index (χ0) is 12.1. The van der Waals surface area contributed by atoms with E-state index in [2.05, 4.69) is 5.32 Å². The molecule has 0 unspecified atom stereocenters.